The molecule has 2 heterocycles. The molecule has 0 atom stereocenters. The molecule has 0 unspecified atom stereocenters. The van der Waals surface area contributed by atoms with Crippen LogP contribution in [0.5, 0.6) is 0 Å². The summed E-state index contributed by atoms with van der Waals surface area (Å²) in [6, 6.07) is 5.85. The number of hydrogen-bond acceptors (Lipinski definition) is 6. The van der Waals surface area contributed by atoms with E-state index in [1.165, 1.54) is 24.2 Å². The van der Waals surface area contributed by atoms with E-state index in [9.17, 15) is 0 Å². The van der Waals surface area contributed by atoms with E-state index in [1.54, 1.807) is 0 Å². The Bertz CT molecular complexity index is 592. The van der Waals surface area contributed by atoms with E-state index in [0.717, 1.165) is 15.8 Å². The Morgan fingerprint density at radius 3 is 2.80 bits per heavy atom. The van der Waals surface area contributed by atoms with Gasteiger partial charge in [-0.05, 0) is 23.7 Å². The van der Waals surface area contributed by atoms with Crippen molar-refractivity contribution in [2.75, 3.05) is 0 Å². The van der Waals surface area contributed by atoms with E-state index in [-0.39, 0.29) is 0 Å². The average Bonchev–Trinajstić information content (AvgIpc) is 2.78. The first-order valence-corrected chi connectivity index (χ1v) is 5.06. The van der Waals surface area contributed by atoms with Crippen molar-refractivity contribution < 1.29 is 0 Å². The highest BCUT2D eigenvalue weighted by atomic mass is 32.1. The van der Waals surface area contributed by atoms with E-state index in [4.69, 9.17) is 0 Å². The van der Waals surface area contributed by atoms with E-state index in [1.807, 2.05) is 18.2 Å². The first kappa shape index (κ1) is 8.37. The van der Waals surface area contributed by atoms with Crippen molar-refractivity contribution in [3.8, 4) is 11.4 Å². The third-order valence-corrected chi connectivity index (χ3v) is 2.70. The molecule has 1 aromatic carbocycles. The van der Waals surface area contributed by atoms with Crippen molar-refractivity contribution in [2.24, 2.45) is 0 Å². The average molecular weight is 215 g/mol. The summed E-state index contributed by atoms with van der Waals surface area (Å²) in [6.07, 6.45) is 2.95. The van der Waals surface area contributed by atoms with Gasteiger partial charge in [-0.1, -0.05) is 10.6 Å². The lowest BCUT2D eigenvalue weighted by molar-refractivity contribution is 1.06. The summed E-state index contributed by atoms with van der Waals surface area (Å²) in [7, 11) is 0. The summed E-state index contributed by atoms with van der Waals surface area (Å²) < 4.78 is 4.94. The lowest BCUT2D eigenvalue weighted by atomic mass is 10.2. The van der Waals surface area contributed by atoms with Gasteiger partial charge in [0.25, 0.3) is 0 Å². The minimum Gasteiger partial charge on any atom is -0.225 e. The molecular formula is C9H5N5S. The van der Waals surface area contributed by atoms with Crippen LogP contribution in [-0.2, 0) is 0 Å². The maximum Gasteiger partial charge on any atom is 0.164 e. The van der Waals surface area contributed by atoms with Crippen LogP contribution in [0.15, 0.2) is 30.9 Å². The molecule has 0 saturated heterocycles. The van der Waals surface area contributed by atoms with Gasteiger partial charge in [0.15, 0.2) is 5.82 Å². The fraction of sp³-hybridized carbons (Fsp3) is 0. The predicted molar refractivity (Wildman–Crippen MR) is 56.2 cm³/mol. The Kier molecular flexibility index (Phi) is 1.85. The number of aromatic nitrogens is 5. The van der Waals surface area contributed by atoms with Gasteiger partial charge in [0.2, 0.25) is 0 Å². The van der Waals surface area contributed by atoms with Crippen LogP contribution < -0.4 is 0 Å². The van der Waals surface area contributed by atoms with Crippen LogP contribution >= 0.6 is 11.5 Å². The number of benzene rings is 1. The monoisotopic (exact) mass is 215 g/mol. The smallest absolute Gasteiger partial charge is 0.164 e. The second kappa shape index (κ2) is 3.32. The lowest BCUT2D eigenvalue weighted by Crippen LogP contribution is -1.89. The van der Waals surface area contributed by atoms with Gasteiger partial charge in [0.05, 0.1) is 4.70 Å². The molecule has 0 aliphatic carbocycles. The summed E-state index contributed by atoms with van der Waals surface area (Å²) in [5.41, 5.74) is 1.73. The highest BCUT2D eigenvalue weighted by Crippen LogP contribution is 2.25. The standard InChI is InChI=1S/C9H5N5S/c1-2-6(9-11-4-10-5-12-9)8-7(3-1)15-14-13-8/h1-5H. The first-order valence-electron chi connectivity index (χ1n) is 4.28. The van der Waals surface area contributed by atoms with Gasteiger partial charge in [-0.3, -0.25) is 0 Å². The number of hydrogen-bond donors (Lipinski definition) is 0. The predicted octanol–water partition coefficient (Wildman–Crippen LogP) is 1.54. The topological polar surface area (TPSA) is 64.5 Å². The van der Waals surface area contributed by atoms with Crippen molar-refractivity contribution >= 4 is 21.7 Å². The van der Waals surface area contributed by atoms with Gasteiger partial charge in [-0.2, -0.15) is 0 Å². The summed E-state index contributed by atoms with van der Waals surface area (Å²) in [4.78, 5) is 12.0. The third-order valence-electron chi connectivity index (χ3n) is 2.01. The molecule has 0 bridgehead atoms. The summed E-state index contributed by atoms with van der Waals surface area (Å²) in [5.74, 6) is 0.628. The van der Waals surface area contributed by atoms with Crippen LogP contribution in [0.3, 0.4) is 0 Å². The SMILES string of the molecule is c1cc(-c2ncncn2)c2nnsc2c1. The molecule has 0 aliphatic heterocycles. The molecule has 72 valence electrons. The molecule has 5 nitrogen and oxygen atoms in total. The third kappa shape index (κ3) is 1.35. The van der Waals surface area contributed by atoms with E-state index in [2.05, 4.69) is 24.5 Å². The first-order chi connectivity index (χ1) is 7.45. The molecule has 6 heteroatoms. The Morgan fingerprint density at radius 1 is 1.07 bits per heavy atom. The minimum atomic E-state index is 0.628. The maximum atomic E-state index is 4.09. The van der Waals surface area contributed by atoms with Crippen molar-refractivity contribution in [2.45, 2.75) is 0 Å². The van der Waals surface area contributed by atoms with Crippen LogP contribution in [0.2, 0.25) is 0 Å². The Morgan fingerprint density at radius 2 is 1.93 bits per heavy atom. The molecular weight excluding hydrogens is 210 g/mol. The molecule has 0 aliphatic rings. The highest BCUT2D eigenvalue weighted by Gasteiger charge is 2.08. The second-order valence-electron chi connectivity index (χ2n) is 2.89. The zero-order valence-corrected chi connectivity index (χ0v) is 8.35. The molecule has 2 aromatic heterocycles. The quantitative estimate of drug-likeness (QED) is 0.616. The van der Waals surface area contributed by atoms with Crippen molar-refractivity contribution in [1.29, 1.82) is 0 Å². The van der Waals surface area contributed by atoms with Gasteiger partial charge in [0, 0.05) is 5.56 Å². The zero-order chi connectivity index (χ0) is 10.1. The van der Waals surface area contributed by atoms with Crippen LogP contribution in [0.1, 0.15) is 0 Å². The Labute approximate surface area is 89.0 Å². The summed E-state index contributed by atoms with van der Waals surface area (Å²) >= 11 is 1.36. The molecule has 0 saturated carbocycles. The van der Waals surface area contributed by atoms with Gasteiger partial charge in [-0.25, -0.2) is 15.0 Å². The molecule has 0 fully saturated rings. The maximum absolute atomic E-state index is 4.09. The van der Waals surface area contributed by atoms with Crippen LogP contribution in [0.25, 0.3) is 21.6 Å². The van der Waals surface area contributed by atoms with E-state index in [0.29, 0.717) is 5.82 Å². The van der Waals surface area contributed by atoms with E-state index >= 15 is 0 Å². The van der Waals surface area contributed by atoms with Gasteiger partial charge in [0.1, 0.15) is 18.2 Å². The van der Waals surface area contributed by atoms with Gasteiger partial charge in [-0.15, -0.1) is 5.10 Å². The molecule has 15 heavy (non-hydrogen) atoms. The van der Waals surface area contributed by atoms with Crippen LogP contribution in [0, 0.1) is 0 Å². The second-order valence-corrected chi connectivity index (χ2v) is 3.67. The van der Waals surface area contributed by atoms with Crippen molar-refractivity contribution in [3.05, 3.63) is 30.9 Å². The zero-order valence-electron chi connectivity index (χ0n) is 7.53. The van der Waals surface area contributed by atoms with Gasteiger partial charge < -0.3 is 0 Å². The fourth-order valence-corrected chi connectivity index (χ4v) is 1.95. The summed E-state index contributed by atoms with van der Waals surface area (Å²) in [5, 5.41) is 4.06. The van der Waals surface area contributed by atoms with Gasteiger partial charge >= 0.3 is 0 Å². The molecule has 0 radical (unpaired) electrons. The fourth-order valence-electron chi connectivity index (χ4n) is 1.36. The van der Waals surface area contributed by atoms with Crippen LogP contribution in [0.4, 0.5) is 0 Å². The lowest BCUT2D eigenvalue weighted by Gasteiger charge is -1.97. The minimum absolute atomic E-state index is 0.628. The van der Waals surface area contributed by atoms with E-state index < -0.39 is 0 Å². The Hall–Kier alpha value is -1.95. The summed E-state index contributed by atoms with van der Waals surface area (Å²) in [6.45, 7) is 0. The number of rotatable bonds is 1. The van der Waals surface area contributed by atoms with Crippen LogP contribution in [-0.4, -0.2) is 24.5 Å². The van der Waals surface area contributed by atoms with Crippen molar-refractivity contribution in [3.63, 3.8) is 0 Å². The molecule has 3 aromatic rings. The number of fused-ring (bicyclic) bond motifs is 1. The molecule has 3 rings (SSSR count). The normalized spacial score (nSPS) is 10.7. The molecule has 0 amide bonds. The van der Waals surface area contributed by atoms with Crippen molar-refractivity contribution in [1.82, 2.24) is 24.5 Å². The highest BCUT2D eigenvalue weighted by molar-refractivity contribution is 7.13. The molecule has 0 spiro atoms. The Balaban J connectivity index is 2.31. The molecule has 0 N–H and O–H groups in total. The number of nitrogens with zero attached hydrogens (tertiary/aromatic N) is 5. The largest absolute Gasteiger partial charge is 0.225 e.